The van der Waals surface area contributed by atoms with Gasteiger partial charge < -0.3 is 5.11 Å². The van der Waals surface area contributed by atoms with E-state index in [0.29, 0.717) is 11.5 Å². The molecule has 2 nitrogen and oxygen atoms in total. The number of carboxylic acid groups (broad SMARTS) is 1. The first kappa shape index (κ1) is 10.3. The Labute approximate surface area is 79.6 Å². The van der Waals surface area contributed by atoms with Crippen LogP contribution < -0.4 is 0 Å². The van der Waals surface area contributed by atoms with Crippen LogP contribution in [0, 0.1) is 5.92 Å². The number of rotatable bonds is 3. The molecule has 0 saturated heterocycles. The summed E-state index contributed by atoms with van der Waals surface area (Å²) >= 11 is 0. The van der Waals surface area contributed by atoms with Gasteiger partial charge in [0.05, 0.1) is 0 Å². The van der Waals surface area contributed by atoms with Crippen LogP contribution in [-0.2, 0) is 4.79 Å². The zero-order valence-electron chi connectivity index (χ0n) is 8.47. The van der Waals surface area contributed by atoms with E-state index in [-0.39, 0.29) is 0 Å². The molecule has 0 heterocycles. The van der Waals surface area contributed by atoms with Crippen LogP contribution >= 0.6 is 0 Å². The third-order valence-electron chi connectivity index (χ3n) is 3.03. The van der Waals surface area contributed by atoms with Crippen LogP contribution in [0.25, 0.3) is 0 Å². The molecule has 0 bridgehead atoms. The molecular weight excluding hydrogens is 164 g/mol. The van der Waals surface area contributed by atoms with Gasteiger partial charge in [-0.1, -0.05) is 25.3 Å². The molecule has 0 amide bonds. The third kappa shape index (κ3) is 2.33. The molecule has 0 atom stereocenters. The van der Waals surface area contributed by atoms with E-state index < -0.39 is 5.97 Å². The van der Waals surface area contributed by atoms with Crippen LogP contribution in [0.1, 0.15) is 46.0 Å². The molecule has 1 fully saturated rings. The minimum atomic E-state index is -0.747. The monoisotopic (exact) mass is 182 g/mol. The molecule has 0 spiro atoms. The highest BCUT2D eigenvalue weighted by Gasteiger charge is 2.21. The first-order chi connectivity index (χ1) is 6.16. The zero-order valence-corrected chi connectivity index (χ0v) is 8.47. The molecule has 0 aromatic heterocycles. The Bertz CT molecular complexity index is 222. The second-order valence-electron chi connectivity index (χ2n) is 3.79. The molecule has 1 aliphatic carbocycles. The molecule has 0 radical (unpaired) electrons. The van der Waals surface area contributed by atoms with Crippen molar-refractivity contribution in [3.63, 3.8) is 0 Å². The lowest BCUT2D eigenvalue weighted by atomic mass is 9.91. The smallest absolute Gasteiger partial charge is 0.331 e. The van der Waals surface area contributed by atoms with Crippen molar-refractivity contribution in [1.29, 1.82) is 0 Å². The van der Waals surface area contributed by atoms with Crippen LogP contribution in [0.2, 0.25) is 0 Å². The maximum atomic E-state index is 10.8. The van der Waals surface area contributed by atoms with Gasteiger partial charge in [-0.15, -0.1) is 0 Å². The first-order valence-electron chi connectivity index (χ1n) is 5.09. The summed E-state index contributed by atoms with van der Waals surface area (Å²) in [5.74, 6) is -0.190. The molecule has 0 unspecified atom stereocenters. The Morgan fingerprint density at radius 3 is 2.31 bits per heavy atom. The van der Waals surface area contributed by atoms with Crippen LogP contribution in [0.15, 0.2) is 11.1 Å². The summed E-state index contributed by atoms with van der Waals surface area (Å²) in [4.78, 5) is 10.8. The standard InChI is InChI=1S/C11H18O2/c1-3-10(8(2)11(12)13)9-6-4-5-7-9/h9H,3-7H2,1-2H3,(H,12,13)/b10-8-. The van der Waals surface area contributed by atoms with Gasteiger partial charge >= 0.3 is 5.97 Å². The van der Waals surface area contributed by atoms with Gasteiger partial charge in [0.1, 0.15) is 0 Å². The average molecular weight is 182 g/mol. The van der Waals surface area contributed by atoms with Crippen LogP contribution in [0.5, 0.6) is 0 Å². The number of allylic oxidation sites excluding steroid dienone is 1. The highest BCUT2D eigenvalue weighted by molar-refractivity contribution is 5.86. The molecule has 13 heavy (non-hydrogen) atoms. The Balaban J connectivity index is 2.81. The minimum absolute atomic E-state index is 0.557. The van der Waals surface area contributed by atoms with E-state index in [1.54, 1.807) is 6.92 Å². The summed E-state index contributed by atoms with van der Waals surface area (Å²) in [5, 5.41) is 8.89. The van der Waals surface area contributed by atoms with E-state index in [1.807, 2.05) is 0 Å². The average Bonchev–Trinajstić information content (AvgIpc) is 2.58. The SMILES string of the molecule is CC/C(=C(\C)C(=O)O)C1CCCC1. The van der Waals surface area contributed by atoms with Gasteiger partial charge in [-0.3, -0.25) is 0 Å². The van der Waals surface area contributed by atoms with Crippen molar-refractivity contribution in [3.8, 4) is 0 Å². The maximum absolute atomic E-state index is 10.8. The summed E-state index contributed by atoms with van der Waals surface area (Å²) in [7, 11) is 0. The van der Waals surface area contributed by atoms with Crippen molar-refractivity contribution in [2.45, 2.75) is 46.0 Å². The summed E-state index contributed by atoms with van der Waals surface area (Å²) in [6.45, 7) is 3.79. The lowest BCUT2D eigenvalue weighted by Crippen LogP contribution is -2.07. The molecule has 1 N–H and O–H groups in total. The lowest BCUT2D eigenvalue weighted by Gasteiger charge is -2.14. The van der Waals surface area contributed by atoms with Crippen molar-refractivity contribution < 1.29 is 9.90 Å². The van der Waals surface area contributed by atoms with E-state index >= 15 is 0 Å². The molecule has 1 rings (SSSR count). The lowest BCUT2D eigenvalue weighted by molar-refractivity contribution is -0.132. The first-order valence-corrected chi connectivity index (χ1v) is 5.09. The fourth-order valence-electron chi connectivity index (χ4n) is 2.27. The van der Waals surface area contributed by atoms with E-state index in [0.717, 1.165) is 6.42 Å². The molecule has 1 aliphatic rings. The minimum Gasteiger partial charge on any atom is -0.478 e. The Morgan fingerprint density at radius 2 is 1.92 bits per heavy atom. The molecule has 74 valence electrons. The predicted octanol–water partition coefficient (Wildman–Crippen LogP) is 2.99. The van der Waals surface area contributed by atoms with Gasteiger partial charge in [0.15, 0.2) is 0 Å². The van der Waals surface area contributed by atoms with Gasteiger partial charge in [0.2, 0.25) is 0 Å². The van der Waals surface area contributed by atoms with Crippen molar-refractivity contribution >= 4 is 5.97 Å². The Hall–Kier alpha value is -0.790. The number of hydrogen-bond donors (Lipinski definition) is 1. The number of carbonyl (C=O) groups is 1. The van der Waals surface area contributed by atoms with Crippen molar-refractivity contribution in [3.05, 3.63) is 11.1 Å². The van der Waals surface area contributed by atoms with Gasteiger partial charge in [0.25, 0.3) is 0 Å². The molecular formula is C11H18O2. The quantitative estimate of drug-likeness (QED) is 0.681. The summed E-state index contributed by atoms with van der Waals surface area (Å²) in [6.07, 6.45) is 5.80. The number of aliphatic carboxylic acids is 1. The molecule has 0 aliphatic heterocycles. The van der Waals surface area contributed by atoms with E-state index in [1.165, 1.54) is 31.3 Å². The van der Waals surface area contributed by atoms with E-state index in [9.17, 15) is 4.79 Å². The number of carboxylic acids is 1. The van der Waals surface area contributed by atoms with Crippen LogP contribution in [-0.4, -0.2) is 11.1 Å². The van der Waals surface area contributed by atoms with Crippen molar-refractivity contribution in [2.75, 3.05) is 0 Å². The predicted molar refractivity (Wildman–Crippen MR) is 52.6 cm³/mol. The van der Waals surface area contributed by atoms with Crippen molar-refractivity contribution in [2.24, 2.45) is 5.92 Å². The molecule has 0 aromatic carbocycles. The van der Waals surface area contributed by atoms with Gasteiger partial charge in [-0.25, -0.2) is 4.79 Å². The van der Waals surface area contributed by atoms with Crippen LogP contribution in [0.4, 0.5) is 0 Å². The Kier molecular flexibility index (Phi) is 3.52. The maximum Gasteiger partial charge on any atom is 0.331 e. The normalized spacial score (nSPS) is 20.2. The third-order valence-corrected chi connectivity index (χ3v) is 3.03. The van der Waals surface area contributed by atoms with E-state index in [4.69, 9.17) is 5.11 Å². The van der Waals surface area contributed by atoms with E-state index in [2.05, 4.69) is 6.92 Å². The van der Waals surface area contributed by atoms with Gasteiger partial charge in [-0.2, -0.15) is 0 Å². The van der Waals surface area contributed by atoms with Gasteiger partial charge in [-0.05, 0) is 32.1 Å². The molecule has 1 saturated carbocycles. The summed E-state index contributed by atoms with van der Waals surface area (Å²) < 4.78 is 0. The largest absolute Gasteiger partial charge is 0.478 e. The fraction of sp³-hybridized carbons (Fsp3) is 0.727. The molecule has 2 heteroatoms. The second-order valence-corrected chi connectivity index (χ2v) is 3.79. The fourth-order valence-corrected chi connectivity index (χ4v) is 2.27. The topological polar surface area (TPSA) is 37.3 Å². The summed E-state index contributed by atoms with van der Waals surface area (Å²) in [5.41, 5.74) is 1.75. The molecule has 0 aromatic rings. The zero-order chi connectivity index (χ0) is 9.84. The number of hydrogen-bond acceptors (Lipinski definition) is 1. The highest BCUT2D eigenvalue weighted by Crippen LogP contribution is 2.34. The second kappa shape index (κ2) is 4.45. The van der Waals surface area contributed by atoms with Crippen LogP contribution in [0.3, 0.4) is 0 Å². The Morgan fingerprint density at radius 1 is 1.38 bits per heavy atom. The summed E-state index contributed by atoms with van der Waals surface area (Å²) in [6, 6.07) is 0. The van der Waals surface area contributed by atoms with Gasteiger partial charge in [0, 0.05) is 5.57 Å². The highest BCUT2D eigenvalue weighted by atomic mass is 16.4. The van der Waals surface area contributed by atoms with Crippen molar-refractivity contribution in [1.82, 2.24) is 0 Å².